The van der Waals surface area contributed by atoms with Crippen LogP contribution in [0.3, 0.4) is 0 Å². The normalized spacial score (nSPS) is 26.9. The maximum atomic E-state index is 10.8. The fourth-order valence-corrected chi connectivity index (χ4v) is 4.41. The van der Waals surface area contributed by atoms with E-state index in [-0.39, 0.29) is 30.3 Å². The number of carboxylic acids is 1. The van der Waals surface area contributed by atoms with Gasteiger partial charge >= 0.3 is 5.97 Å². The number of ether oxygens (including phenoxy) is 1. The van der Waals surface area contributed by atoms with E-state index in [2.05, 4.69) is 11.8 Å². The number of benzene rings is 1. The summed E-state index contributed by atoms with van der Waals surface area (Å²) in [4.78, 5) is 10.8. The minimum absolute atomic E-state index is 0.0287. The molecule has 5 heteroatoms. The Bertz CT molecular complexity index is 818. The number of fused-ring (bicyclic) bond motifs is 3. The number of aliphatic carboxylic acids is 1. The Hall–Kier alpha value is -2.29. The molecule has 1 aliphatic carbocycles. The molecule has 0 unspecified atom stereocenters. The van der Waals surface area contributed by atoms with Crippen LogP contribution in [0.2, 0.25) is 0 Å². The largest absolute Gasteiger partial charge is 0.489 e. The van der Waals surface area contributed by atoms with Crippen LogP contribution in [0.15, 0.2) is 30.4 Å². The molecule has 1 heterocycles. The van der Waals surface area contributed by atoms with Gasteiger partial charge in [-0.15, -0.1) is 11.8 Å². The molecule has 0 bridgehead atoms. The van der Waals surface area contributed by atoms with Crippen molar-refractivity contribution in [3.63, 3.8) is 0 Å². The number of carboxylic acid groups (broad SMARTS) is 1. The molecule has 1 aromatic carbocycles. The first kappa shape index (κ1) is 21.4. The fraction of sp³-hybridized carbons (Fsp3) is 0.542. The van der Waals surface area contributed by atoms with E-state index >= 15 is 0 Å². The molecule has 1 aliphatic heterocycles. The van der Waals surface area contributed by atoms with Crippen molar-refractivity contribution >= 4 is 5.97 Å². The van der Waals surface area contributed by atoms with Crippen LogP contribution in [0.5, 0.6) is 5.75 Å². The molecular formula is C24H30O5. The third-order valence-electron chi connectivity index (χ3n) is 6.04. The predicted molar refractivity (Wildman–Crippen MR) is 111 cm³/mol. The number of carbonyl (C=O) groups is 1. The molecule has 1 saturated carbocycles. The van der Waals surface area contributed by atoms with Gasteiger partial charge in [-0.2, -0.15) is 0 Å². The molecule has 156 valence electrons. The zero-order valence-electron chi connectivity index (χ0n) is 17.0. The first-order valence-electron chi connectivity index (χ1n) is 10.4. The average Bonchev–Trinajstić information content (AvgIpc) is 3.19. The number of aliphatic hydroxyl groups excluding tert-OH is 2. The van der Waals surface area contributed by atoms with Gasteiger partial charge in [-0.25, -0.2) is 0 Å². The second-order valence-electron chi connectivity index (χ2n) is 8.13. The van der Waals surface area contributed by atoms with Crippen LogP contribution < -0.4 is 4.74 Å². The van der Waals surface area contributed by atoms with Gasteiger partial charge in [-0.3, -0.25) is 4.79 Å². The number of rotatable bonds is 8. The van der Waals surface area contributed by atoms with E-state index in [1.54, 1.807) is 13.0 Å². The Labute approximate surface area is 172 Å². The third-order valence-corrected chi connectivity index (χ3v) is 6.04. The Morgan fingerprint density at radius 1 is 1.41 bits per heavy atom. The van der Waals surface area contributed by atoms with E-state index in [0.29, 0.717) is 25.7 Å². The Morgan fingerprint density at radius 3 is 2.93 bits per heavy atom. The molecule has 3 rings (SSSR count). The van der Waals surface area contributed by atoms with Gasteiger partial charge < -0.3 is 20.1 Å². The summed E-state index contributed by atoms with van der Waals surface area (Å²) in [6, 6.07) is 6.01. The summed E-state index contributed by atoms with van der Waals surface area (Å²) in [6.07, 6.45) is 5.07. The zero-order valence-corrected chi connectivity index (χ0v) is 17.0. The van der Waals surface area contributed by atoms with E-state index in [9.17, 15) is 15.0 Å². The van der Waals surface area contributed by atoms with E-state index < -0.39 is 18.2 Å². The van der Waals surface area contributed by atoms with Crippen LogP contribution in [0.25, 0.3) is 0 Å². The minimum Gasteiger partial charge on any atom is -0.489 e. The molecular weight excluding hydrogens is 368 g/mol. The number of hydrogen-bond donors (Lipinski definition) is 3. The van der Waals surface area contributed by atoms with Gasteiger partial charge in [0.25, 0.3) is 0 Å². The molecule has 29 heavy (non-hydrogen) atoms. The van der Waals surface area contributed by atoms with Crippen molar-refractivity contribution in [2.45, 2.75) is 70.2 Å². The van der Waals surface area contributed by atoms with Gasteiger partial charge in [-0.1, -0.05) is 37.3 Å². The van der Waals surface area contributed by atoms with Crippen molar-refractivity contribution in [3.05, 3.63) is 41.5 Å². The number of hydrogen-bond acceptors (Lipinski definition) is 4. The van der Waals surface area contributed by atoms with Crippen molar-refractivity contribution in [1.82, 2.24) is 0 Å². The standard InChI is InChI=1S/C24H30O5/c1-3-4-7-15(2)19(25)13-12-17-20(26)14-21-23(17)18-10-5-8-16(24(18)29-21)9-6-11-22(27)28/h5,8,10,12-13,15,17,19-21,23,25-26H,6-7,9,11,14H2,1-2H3,(H,27,28)/b13-12+/t15-,17+,19+,20+,21-,23+/m0/s1. The van der Waals surface area contributed by atoms with Crippen molar-refractivity contribution in [2.24, 2.45) is 11.8 Å². The molecule has 5 nitrogen and oxygen atoms in total. The van der Waals surface area contributed by atoms with Gasteiger partial charge in [0.2, 0.25) is 0 Å². The number of para-hydroxylation sites is 1. The quantitative estimate of drug-likeness (QED) is 0.462. The smallest absolute Gasteiger partial charge is 0.303 e. The Kier molecular flexibility index (Phi) is 7.00. The molecule has 0 spiro atoms. The van der Waals surface area contributed by atoms with Crippen LogP contribution in [-0.4, -0.2) is 39.6 Å². The highest BCUT2D eigenvalue weighted by molar-refractivity contribution is 5.66. The van der Waals surface area contributed by atoms with E-state index in [4.69, 9.17) is 9.84 Å². The van der Waals surface area contributed by atoms with E-state index in [1.165, 1.54) is 0 Å². The van der Waals surface area contributed by atoms with Crippen LogP contribution in [0.1, 0.15) is 56.6 Å². The highest BCUT2D eigenvalue weighted by Gasteiger charge is 2.48. The summed E-state index contributed by atoms with van der Waals surface area (Å²) in [7, 11) is 0. The lowest BCUT2D eigenvalue weighted by Crippen LogP contribution is -2.19. The Balaban J connectivity index is 1.75. The molecule has 3 N–H and O–H groups in total. The van der Waals surface area contributed by atoms with Crippen molar-refractivity contribution in [3.8, 4) is 17.6 Å². The van der Waals surface area contributed by atoms with Gasteiger partial charge in [0, 0.05) is 36.7 Å². The number of aryl methyl sites for hydroxylation is 1. The zero-order chi connectivity index (χ0) is 21.0. The minimum atomic E-state index is -0.790. The van der Waals surface area contributed by atoms with Crippen molar-refractivity contribution < 1.29 is 24.9 Å². The summed E-state index contributed by atoms with van der Waals surface area (Å²) in [5.74, 6) is 5.87. The van der Waals surface area contributed by atoms with E-state index in [0.717, 1.165) is 16.9 Å². The summed E-state index contributed by atoms with van der Waals surface area (Å²) in [6.45, 7) is 3.75. The topological polar surface area (TPSA) is 87.0 Å². The lowest BCUT2D eigenvalue weighted by atomic mass is 9.86. The lowest BCUT2D eigenvalue weighted by molar-refractivity contribution is -0.137. The van der Waals surface area contributed by atoms with Crippen molar-refractivity contribution in [2.75, 3.05) is 0 Å². The predicted octanol–water partition coefficient (Wildman–Crippen LogP) is 3.29. The van der Waals surface area contributed by atoms with Crippen LogP contribution >= 0.6 is 0 Å². The second-order valence-corrected chi connectivity index (χ2v) is 8.13. The first-order valence-corrected chi connectivity index (χ1v) is 10.4. The van der Waals surface area contributed by atoms with Crippen LogP contribution in [-0.2, 0) is 11.2 Å². The lowest BCUT2D eigenvalue weighted by Gasteiger charge is -2.19. The number of aliphatic hydroxyl groups is 2. The molecule has 1 aromatic rings. The Morgan fingerprint density at radius 2 is 2.21 bits per heavy atom. The summed E-state index contributed by atoms with van der Waals surface area (Å²) in [5.41, 5.74) is 2.11. The SMILES string of the molecule is CC#CC[C@H](C)[C@H](O)/C=C/[C@H]1[C@@H]2c3cccc(CCCC(=O)O)c3O[C@H]2C[C@H]1O. The average molecular weight is 398 g/mol. The third kappa shape index (κ3) is 4.83. The van der Waals surface area contributed by atoms with Crippen LogP contribution in [0.4, 0.5) is 0 Å². The molecule has 0 aromatic heterocycles. The molecule has 6 atom stereocenters. The molecule has 0 amide bonds. The van der Waals surface area contributed by atoms with Gasteiger partial charge in [-0.05, 0) is 31.2 Å². The maximum Gasteiger partial charge on any atom is 0.303 e. The van der Waals surface area contributed by atoms with Crippen LogP contribution in [0, 0.1) is 23.7 Å². The summed E-state index contributed by atoms with van der Waals surface area (Å²) < 4.78 is 6.21. The van der Waals surface area contributed by atoms with Gasteiger partial charge in [0.05, 0.1) is 12.2 Å². The molecule has 2 aliphatic rings. The molecule has 1 fully saturated rings. The maximum absolute atomic E-state index is 10.8. The summed E-state index contributed by atoms with van der Waals surface area (Å²) >= 11 is 0. The second kappa shape index (κ2) is 9.47. The van der Waals surface area contributed by atoms with Gasteiger partial charge in [0.1, 0.15) is 11.9 Å². The van der Waals surface area contributed by atoms with E-state index in [1.807, 2.05) is 31.2 Å². The highest BCUT2D eigenvalue weighted by Crippen LogP contribution is 2.52. The molecule has 0 radical (unpaired) electrons. The molecule has 0 saturated heterocycles. The highest BCUT2D eigenvalue weighted by atomic mass is 16.5. The first-order chi connectivity index (χ1) is 13.9. The monoisotopic (exact) mass is 398 g/mol. The van der Waals surface area contributed by atoms with Crippen molar-refractivity contribution in [1.29, 1.82) is 0 Å². The summed E-state index contributed by atoms with van der Waals surface area (Å²) in [5, 5.41) is 29.9. The fourth-order valence-electron chi connectivity index (χ4n) is 4.41. The van der Waals surface area contributed by atoms with Gasteiger partial charge in [0.15, 0.2) is 0 Å².